The zero-order valence-corrected chi connectivity index (χ0v) is 8.90. The predicted molar refractivity (Wildman–Crippen MR) is 52.3 cm³/mol. The van der Waals surface area contributed by atoms with Crippen molar-refractivity contribution in [2.24, 2.45) is 5.41 Å². The summed E-state index contributed by atoms with van der Waals surface area (Å²) in [5, 5.41) is 18.9. The van der Waals surface area contributed by atoms with Gasteiger partial charge in [0, 0.05) is 13.5 Å². The zero-order valence-electron chi connectivity index (χ0n) is 8.90. The van der Waals surface area contributed by atoms with Crippen molar-refractivity contribution < 1.29 is 19.9 Å². The topological polar surface area (TPSA) is 77.8 Å². The molecule has 0 aromatic carbocycles. The largest absolute Gasteiger partial charge is 0.481 e. The summed E-state index contributed by atoms with van der Waals surface area (Å²) in [5.41, 5.74) is -0.726. The van der Waals surface area contributed by atoms with Crippen LogP contribution in [0.5, 0.6) is 0 Å². The molecule has 0 atom stereocenters. The smallest absolute Gasteiger partial charge is 0.309 e. The van der Waals surface area contributed by atoms with Crippen molar-refractivity contribution in [1.29, 1.82) is 0 Å². The fourth-order valence-corrected chi connectivity index (χ4v) is 2.10. The first-order valence-corrected chi connectivity index (χ1v) is 5.18. The molecule has 0 heterocycles. The molecule has 1 saturated carbocycles. The Morgan fingerprint density at radius 1 is 1.33 bits per heavy atom. The summed E-state index contributed by atoms with van der Waals surface area (Å²) in [5.74, 6) is -1.26. The van der Waals surface area contributed by atoms with Crippen LogP contribution in [-0.2, 0) is 9.59 Å². The van der Waals surface area contributed by atoms with Gasteiger partial charge in [0.1, 0.15) is 0 Å². The van der Waals surface area contributed by atoms with Crippen LogP contribution in [0.3, 0.4) is 0 Å². The maximum atomic E-state index is 11.1. The number of hydrogen-bond acceptors (Lipinski definition) is 3. The Labute approximate surface area is 88.6 Å². The predicted octanol–water partition coefficient (Wildman–Crippen LogP) is 1.26. The molecular formula is C10H17NO4. The molecule has 1 amide bonds. The Kier molecular flexibility index (Phi) is 3.68. The highest BCUT2D eigenvalue weighted by atomic mass is 16.5. The fourth-order valence-electron chi connectivity index (χ4n) is 2.10. The lowest BCUT2D eigenvalue weighted by Gasteiger charge is -2.25. The summed E-state index contributed by atoms with van der Waals surface area (Å²) in [6.07, 6.45) is 3.45. The normalized spacial score (nSPS) is 18.8. The van der Waals surface area contributed by atoms with E-state index in [9.17, 15) is 14.8 Å². The number of aliphatic carboxylic acids is 1. The first-order chi connectivity index (χ1) is 6.98. The van der Waals surface area contributed by atoms with E-state index in [-0.39, 0.29) is 6.54 Å². The molecule has 0 aromatic rings. The van der Waals surface area contributed by atoms with Crippen LogP contribution in [0.15, 0.2) is 0 Å². The number of nitrogens with zero attached hydrogens (tertiary/aromatic N) is 1. The van der Waals surface area contributed by atoms with E-state index in [1.165, 1.54) is 6.92 Å². The molecule has 5 nitrogen and oxygen atoms in total. The molecule has 0 aliphatic heterocycles. The Morgan fingerprint density at radius 3 is 2.27 bits per heavy atom. The third kappa shape index (κ3) is 2.68. The van der Waals surface area contributed by atoms with Crippen LogP contribution in [0.1, 0.15) is 39.0 Å². The van der Waals surface area contributed by atoms with Crippen LogP contribution < -0.4 is 0 Å². The zero-order chi connectivity index (χ0) is 11.5. The molecule has 0 saturated heterocycles. The maximum absolute atomic E-state index is 11.1. The minimum Gasteiger partial charge on any atom is -0.481 e. The summed E-state index contributed by atoms with van der Waals surface area (Å²) in [7, 11) is 0. The van der Waals surface area contributed by atoms with Crippen LogP contribution in [-0.4, -0.2) is 33.8 Å². The van der Waals surface area contributed by atoms with Crippen LogP contribution in [0.4, 0.5) is 0 Å². The number of carbonyl (C=O) groups excluding carboxylic acids is 1. The summed E-state index contributed by atoms with van der Waals surface area (Å²) >= 11 is 0. The molecule has 1 rings (SSSR count). The van der Waals surface area contributed by atoms with E-state index in [4.69, 9.17) is 5.11 Å². The van der Waals surface area contributed by atoms with Crippen molar-refractivity contribution in [3.05, 3.63) is 0 Å². The van der Waals surface area contributed by atoms with Crippen LogP contribution in [0.25, 0.3) is 0 Å². The van der Waals surface area contributed by atoms with Crippen molar-refractivity contribution in [2.75, 3.05) is 6.54 Å². The Morgan fingerprint density at radius 2 is 1.87 bits per heavy atom. The first kappa shape index (κ1) is 12.0. The molecule has 2 N–H and O–H groups in total. The second-order valence-corrected chi connectivity index (χ2v) is 4.18. The summed E-state index contributed by atoms with van der Waals surface area (Å²) in [6.45, 7) is 1.35. The molecule has 15 heavy (non-hydrogen) atoms. The van der Waals surface area contributed by atoms with E-state index in [1.54, 1.807) is 0 Å². The molecular weight excluding hydrogens is 198 g/mol. The molecule has 86 valence electrons. The molecule has 5 heteroatoms. The van der Waals surface area contributed by atoms with E-state index in [2.05, 4.69) is 0 Å². The van der Waals surface area contributed by atoms with Gasteiger partial charge in [0.25, 0.3) is 0 Å². The van der Waals surface area contributed by atoms with Gasteiger partial charge >= 0.3 is 5.97 Å². The molecule has 1 aliphatic carbocycles. The minimum atomic E-state index is -0.808. The van der Waals surface area contributed by atoms with E-state index in [0.29, 0.717) is 24.3 Å². The van der Waals surface area contributed by atoms with Crippen molar-refractivity contribution >= 4 is 11.9 Å². The van der Waals surface area contributed by atoms with Gasteiger partial charge in [-0.15, -0.1) is 0 Å². The number of amides is 1. The van der Waals surface area contributed by atoms with Crippen molar-refractivity contribution in [3.63, 3.8) is 0 Å². The SMILES string of the molecule is CC(=O)N(O)CCC1(C(=O)O)CCCC1. The first-order valence-electron chi connectivity index (χ1n) is 5.18. The number of hydrogen-bond donors (Lipinski definition) is 2. The number of rotatable bonds is 4. The van der Waals surface area contributed by atoms with Gasteiger partial charge in [-0.25, -0.2) is 5.06 Å². The molecule has 0 unspecified atom stereocenters. The van der Waals surface area contributed by atoms with Gasteiger partial charge in [0.15, 0.2) is 0 Å². The van der Waals surface area contributed by atoms with Gasteiger partial charge in [-0.1, -0.05) is 12.8 Å². The van der Waals surface area contributed by atoms with Gasteiger partial charge in [0.05, 0.1) is 5.41 Å². The second kappa shape index (κ2) is 4.61. The van der Waals surface area contributed by atoms with Gasteiger partial charge in [-0.05, 0) is 19.3 Å². The van der Waals surface area contributed by atoms with Gasteiger partial charge in [-0.2, -0.15) is 0 Å². The number of carbonyl (C=O) groups is 2. The summed E-state index contributed by atoms with van der Waals surface area (Å²) in [6, 6.07) is 0. The van der Waals surface area contributed by atoms with Gasteiger partial charge < -0.3 is 5.11 Å². The van der Waals surface area contributed by atoms with Gasteiger partial charge in [-0.3, -0.25) is 14.8 Å². The summed E-state index contributed by atoms with van der Waals surface area (Å²) < 4.78 is 0. The third-order valence-electron chi connectivity index (χ3n) is 3.18. The molecule has 1 fully saturated rings. The molecule has 0 radical (unpaired) electrons. The van der Waals surface area contributed by atoms with Crippen LogP contribution in [0.2, 0.25) is 0 Å². The number of carboxylic acid groups (broad SMARTS) is 1. The number of carboxylic acids is 1. The minimum absolute atomic E-state index is 0.0988. The fraction of sp³-hybridized carbons (Fsp3) is 0.800. The maximum Gasteiger partial charge on any atom is 0.309 e. The lowest BCUT2D eigenvalue weighted by Crippen LogP contribution is -2.34. The lowest BCUT2D eigenvalue weighted by atomic mass is 9.83. The Bertz CT molecular complexity index is 258. The molecule has 0 bridgehead atoms. The highest BCUT2D eigenvalue weighted by Gasteiger charge is 2.41. The van der Waals surface area contributed by atoms with Gasteiger partial charge in [0.2, 0.25) is 5.91 Å². The number of hydroxylamine groups is 2. The average molecular weight is 215 g/mol. The highest BCUT2D eigenvalue weighted by molar-refractivity contribution is 5.75. The van der Waals surface area contributed by atoms with E-state index in [1.807, 2.05) is 0 Å². The lowest BCUT2D eigenvalue weighted by molar-refractivity contribution is -0.167. The third-order valence-corrected chi connectivity index (χ3v) is 3.18. The van der Waals surface area contributed by atoms with Crippen molar-refractivity contribution in [1.82, 2.24) is 5.06 Å². The standard InChI is InChI=1S/C10H17NO4/c1-8(12)11(15)7-6-10(9(13)14)4-2-3-5-10/h15H,2-7H2,1H3,(H,13,14). The van der Waals surface area contributed by atoms with Crippen LogP contribution in [0, 0.1) is 5.41 Å². The van der Waals surface area contributed by atoms with Crippen LogP contribution >= 0.6 is 0 Å². The van der Waals surface area contributed by atoms with E-state index < -0.39 is 17.3 Å². The Hall–Kier alpha value is -1.10. The van der Waals surface area contributed by atoms with Crippen molar-refractivity contribution in [2.45, 2.75) is 39.0 Å². The van der Waals surface area contributed by atoms with Crippen molar-refractivity contribution in [3.8, 4) is 0 Å². The molecule has 0 aromatic heterocycles. The second-order valence-electron chi connectivity index (χ2n) is 4.18. The monoisotopic (exact) mass is 215 g/mol. The summed E-state index contributed by atoms with van der Waals surface area (Å²) in [4.78, 5) is 21.9. The molecule has 1 aliphatic rings. The highest BCUT2D eigenvalue weighted by Crippen LogP contribution is 2.41. The average Bonchev–Trinajstić information content (AvgIpc) is 2.63. The van der Waals surface area contributed by atoms with E-state index >= 15 is 0 Å². The molecule has 0 spiro atoms. The quantitative estimate of drug-likeness (QED) is 0.546. The van der Waals surface area contributed by atoms with E-state index in [0.717, 1.165) is 12.8 Å². The Balaban J connectivity index is 2.53.